The Bertz CT molecular complexity index is 811. The third-order valence-corrected chi connectivity index (χ3v) is 7.10. The van der Waals surface area contributed by atoms with Crippen LogP contribution >= 0.6 is 0 Å². The maximum Gasteiger partial charge on any atom is 0.119 e. The number of hydrogen-bond donors (Lipinski definition) is 1. The third-order valence-electron chi connectivity index (χ3n) is 7.10. The Morgan fingerprint density at radius 2 is 1.69 bits per heavy atom. The average molecular weight is 433 g/mol. The molecule has 0 radical (unpaired) electrons. The molecule has 1 aliphatic heterocycles. The molecule has 2 aromatic carbocycles. The molecule has 4 rings (SSSR count). The Morgan fingerprint density at radius 3 is 2.44 bits per heavy atom. The number of nitrogens with one attached hydrogen (secondary N) is 1. The Hall–Kier alpha value is -2.10. The van der Waals surface area contributed by atoms with Crippen LogP contribution in [-0.4, -0.2) is 44.2 Å². The number of benzene rings is 2. The lowest BCUT2D eigenvalue weighted by Crippen LogP contribution is -2.30. The van der Waals surface area contributed by atoms with Gasteiger partial charge in [-0.15, -0.1) is 0 Å². The minimum Gasteiger partial charge on any atom is -0.494 e. The summed E-state index contributed by atoms with van der Waals surface area (Å²) in [6.07, 6.45) is 14.6. The van der Waals surface area contributed by atoms with E-state index in [1.165, 1.54) is 62.9 Å². The molecule has 1 atom stereocenters. The maximum absolute atomic E-state index is 6.17. The van der Waals surface area contributed by atoms with Gasteiger partial charge in [0.1, 0.15) is 5.75 Å². The minimum absolute atomic E-state index is 0.236. The van der Waals surface area contributed by atoms with Crippen LogP contribution in [0.5, 0.6) is 5.75 Å². The highest BCUT2D eigenvalue weighted by molar-refractivity contribution is 5.27. The summed E-state index contributed by atoms with van der Waals surface area (Å²) >= 11 is 0. The topological polar surface area (TPSA) is 24.5 Å². The van der Waals surface area contributed by atoms with E-state index >= 15 is 0 Å². The molecule has 1 saturated heterocycles. The van der Waals surface area contributed by atoms with E-state index < -0.39 is 0 Å². The van der Waals surface area contributed by atoms with E-state index in [1.54, 1.807) is 0 Å². The van der Waals surface area contributed by atoms with E-state index in [1.807, 2.05) is 0 Å². The molecule has 1 N–H and O–H groups in total. The van der Waals surface area contributed by atoms with Crippen molar-refractivity contribution in [2.75, 3.05) is 39.3 Å². The van der Waals surface area contributed by atoms with Crippen molar-refractivity contribution in [2.45, 2.75) is 51.4 Å². The second-order valence-electron chi connectivity index (χ2n) is 9.61. The van der Waals surface area contributed by atoms with E-state index in [9.17, 15) is 0 Å². The van der Waals surface area contributed by atoms with Gasteiger partial charge in [-0.2, -0.15) is 0 Å². The predicted octanol–water partition coefficient (Wildman–Crippen LogP) is 5.65. The minimum atomic E-state index is 0.236. The summed E-state index contributed by atoms with van der Waals surface area (Å²) in [6.45, 7) is 6.67. The smallest absolute Gasteiger partial charge is 0.119 e. The zero-order valence-electron chi connectivity index (χ0n) is 19.6. The Kier molecular flexibility index (Phi) is 8.81. The molecule has 2 aromatic rings. The van der Waals surface area contributed by atoms with Gasteiger partial charge in [0.2, 0.25) is 0 Å². The molecule has 0 amide bonds. The maximum atomic E-state index is 6.17. The fraction of sp³-hybridized carbons (Fsp3) is 0.517. The van der Waals surface area contributed by atoms with Crippen LogP contribution in [0.2, 0.25) is 0 Å². The zero-order valence-corrected chi connectivity index (χ0v) is 19.6. The SMILES string of the molecule is C1=CC(CCOc2ccc(CCNCCN3CCCC3)cc2)(Cc2ccccc2)CCC1. The van der Waals surface area contributed by atoms with Gasteiger partial charge < -0.3 is 15.0 Å². The van der Waals surface area contributed by atoms with Crippen LogP contribution in [0.25, 0.3) is 0 Å². The molecule has 1 fully saturated rings. The lowest BCUT2D eigenvalue weighted by Gasteiger charge is -2.33. The van der Waals surface area contributed by atoms with Crippen molar-refractivity contribution < 1.29 is 4.74 Å². The van der Waals surface area contributed by atoms with Crippen molar-refractivity contribution >= 4 is 0 Å². The number of hydrogen-bond acceptors (Lipinski definition) is 3. The van der Waals surface area contributed by atoms with E-state index in [2.05, 4.69) is 77.0 Å². The number of allylic oxidation sites excluding steroid dienone is 2. The molecule has 0 saturated carbocycles. The third kappa shape index (κ3) is 7.21. The van der Waals surface area contributed by atoms with Crippen molar-refractivity contribution in [1.82, 2.24) is 10.2 Å². The van der Waals surface area contributed by atoms with Crippen LogP contribution in [0.1, 0.15) is 49.7 Å². The molecule has 32 heavy (non-hydrogen) atoms. The summed E-state index contributed by atoms with van der Waals surface area (Å²) in [5.41, 5.74) is 3.04. The van der Waals surface area contributed by atoms with Crippen molar-refractivity contribution in [3.8, 4) is 5.75 Å². The van der Waals surface area contributed by atoms with E-state index in [0.717, 1.165) is 44.7 Å². The average Bonchev–Trinajstić information content (AvgIpc) is 3.35. The number of nitrogens with zero attached hydrogens (tertiary/aromatic N) is 1. The van der Waals surface area contributed by atoms with Gasteiger partial charge in [0.15, 0.2) is 0 Å². The lowest BCUT2D eigenvalue weighted by molar-refractivity contribution is 0.216. The quantitative estimate of drug-likeness (QED) is 0.346. The molecular weight excluding hydrogens is 392 g/mol. The molecule has 0 aromatic heterocycles. The van der Waals surface area contributed by atoms with Gasteiger partial charge in [-0.25, -0.2) is 0 Å². The van der Waals surface area contributed by atoms with Gasteiger partial charge in [-0.05, 0) is 99.7 Å². The molecule has 1 heterocycles. The van der Waals surface area contributed by atoms with Crippen LogP contribution < -0.4 is 10.1 Å². The Labute approximate surface area is 194 Å². The summed E-state index contributed by atoms with van der Waals surface area (Å²) in [7, 11) is 0. The van der Waals surface area contributed by atoms with E-state index in [0.29, 0.717) is 0 Å². The highest BCUT2D eigenvalue weighted by Gasteiger charge is 2.28. The highest BCUT2D eigenvalue weighted by Crippen LogP contribution is 2.38. The summed E-state index contributed by atoms with van der Waals surface area (Å²) < 4.78 is 6.17. The first-order valence-electron chi connectivity index (χ1n) is 12.7. The van der Waals surface area contributed by atoms with Crippen LogP contribution in [0.3, 0.4) is 0 Å². The monoisotopic (exact) mass is 432 g/mol. The second kappa shape index (κ2) is 12.2. The first-order valence-corrected chi connectivity index (χ1v) is 12.7. The second-order valence-corrected chi connectivity index (χ2v) is 9.61. The summed E-state index contributed by atoms with van der Waals surface area (Å²) in [4.78, 5) is 2.56. The van der Waals surface area contributed by atoms with Crippen molar-refractivity contribution in [2.24, 2.45) is 5.41 Å². The van der Waals surface area contributed by atoms with Gasteiger partial charge in [0.25, 0.3) is 0 Å². The van der Waals surface area contributed by atoms with Crippen LogP contribution in [-0.2, 0) is 12.8 Å². The van der Waals surface area contributed by atoms with Crippen LogP contribution in [0.15, 0.2) is 66.7 Å². The summed E-state index contributed by atoms with van der Waals surface area (Å²) in [6, 6.07) is 19.6. The fourth-order valence-corrected chi connectivity index (χ4v) is 5.16. The van der Waals surface area contributed by atoms with Crippen molar-refractivity contribution in [3.05, 3.63) is 77.9 Å². The number of likely N-dealkylation sites (tertiary alicyclic amines) is 1. The largest absolute Gasteiger partial charge is 0.494 e. The van der Waals surface area contributed by atoms with Gasteiger partial charge in [-0.3, -0.25) is 0 Å². The molecule has 0 spiro atoms. The van der Waals surface area contributed by atoms with Gasteiger partial charge in [0, 0.05) is 13.1 Å². The van der Waals surface area contributed by atoms with Gasteiger partial charge >= 0.3 is 0 Å². The first-order chi connectivity index (χ1) is 15.8. The molecule has 1 unspecified atom stereocenters. The molecule has 0 bridgehead atoms. The first kappa shape index (κ1) is 23.1. The number of rotatable bonds is 12. The fourth-order valence-electron chi connectivity index (χ4n) is 5.16. The van der Waals surface area contributed by atoms with Gasteiger partial charge in [-0.1, -0.05) is 54.6 Å². The van der Waals surface area contributed by atoms with Crippen molar-refractivity contribution in [1.29, 1.82) is 0 Å². The van der Waals surface area contributed by atoms with E-state index in [4.69, 9.17) is 4.74 Å². The Morgan fingerprint density at radius 1 is 0.875 bits per heavy atom. The molecule has 3 nitrogen and oxygen atoms in total. The van der Waals surface area contributed by atoms with Crippen molar-refractivity contribution in [3.63, 3.8) is 0 Å². The molecule has 172 valence electrons. The standard InChI is InChI=1S/C29H40N2O/c1-3-9-27(10-4-1)25-29(16-5-2-6-17-29)18-24-32-28-13-11-26(12-14-28)15-19-30-20-23-31-21-7-8-22-31/h1,3-5,9-14,16,30H,2,6-8,15,17-25H2. The van der Waals surface area contributed by atoms with E-state index in [-0.39, 0.29) is 5.41 Å². The predicted molar refractivity (Wildman–Crippen MR) is 134 cm³/mol. The normalized spacial score (nSPS) is 21.1. The van der Waals surface area contributed by atoms with Gasteiger partial charge in [0.05, 0.1) is 6.61 Å². The zero-order chi connectivity index (χ0) is 21.9. The highest BCUT2D eigenvalue weighted by atomic mass is 16.5. The number of ether oxygens (including phenoxy) is 1. The lowest BCUT2D eigenvalue weighted by atomic mass is 9.72. The summed E-state index contributed by atoms with van der Waals surface area (Å²) in [5.74, 6) is 0.991. The van der Waals surface area contributed by atoms with Crippen LogP contribution in [0, 0.1) is 5.41 Å². The van der Waals surface area contributed by atoms with Crippen LogP contribution in [0.4, 0.5) is 0 Å². The summed E-state index contributed by atoms with van der Waals surface area (Å²) in [5, 5.41) is 3.59. The molecular formula is C29H40N2O. The molecule has 1 aliphatic carbocycles. The Balaban J connectivity index is 1.18. The molecule has 3 heteroatoms. The molecule has 2 aliphatic rings.